The van der Waals surface area contributed by atoms with Crippen LogP contribution < -0.4 is 5.01 Å². The molecule has 1 atom stereocenters. The highest BCUT2D eigenvalue weighted by Gasteiger charge is 2.31. The fourth-order valence-electron chi connectivity index (χ4n) is 2.36. The molecule has 2 aromatic rings. The van der Waals surface area contributed by atoms with Crippen LogP contribution in [0.15, 0.2) is 71.6 Å². The molecule has 0 aromatic heterocycles. The first-order valence-electron chi connectivity index (χ1n) is 7.05. The molecule has 1 N–H and O–H groups in total. The van der Waals surface area contributed by atoms with E-state index < -0.39 is 6.26 Å². The van der Waals surface area contributed by atoms with Crippen molar-refractivity contribution in [2.45, 2.75) is 6.92 Å². The van der Waals surface area contributed by atoms with Crippen molar-refractivity contribution in [3.8, 4) is 0 Å². The first kappa shape index (κ1) is 15.8. The second-order valence-electron chi connectivity index (χ2n) is 5.13. The molecule has 0 radical (unpaired) electrons. The van der Waals surface area contributed by atoms with Gasteiger partial charge in [-0.05, 0) is 12.1 Å². The van der Waals surface area contributed by atoms with Crippen LogP contribution in [0.1, 0.15) is 12.5 Å². The molecule has 4 nitrogen and oxygen atoms in total. The van der Waals surface area contributed by atoms with Crippen LogP contribution >= 0.6 is 6.26 Å². The molecule has 23 heavy (non-hydrogen) atoms. The smallest absolute Gasteiger partial charge is 0.183 e. The van der Waals surface area contributed by atoms with Gasteiger partial charge in [-0.1, -0.05) is 60.3 Å². The van der Waals surface area contributed by atoms with E-state index in [9.17, 15) is 9.69 Å². The molecule has 6 heteroatoms. The summed E-state index contributed by atoms with van der Waals surface area (Å²) in [5.74, 6) is 1.30. The molecule has 0 saturated carbocycles. The van der Waals surface area contributed by atoms with Gasteiger partial charge < -0.3 is 4.89 Å². The highest BCUT2D eigenvalue weighted by molar-refractivity contribution is 8.22. The maximum absolute atomic E-state index is 11.8. The number of rotatable bonds is 3. The van der Waals surface area contributed by atoms with Crippen LogP contribution in [-0.4, -0.2) is 16.1 Å². The number of nitrogens with zero attached hydrogens (tertiary/aromatic N) is 2. The van der Waals surface area contributed by atoms with Gasteiger partial charge in [0.1, 0.15) is 6.26 Å². The minimum Gasteiger partial charge on any atom is -0.357 e. The number of anilines is 1. The Morgan fingerprint density at radius 1 is 1.09 bits per heavy atom. The zero-order valence-corrected chi connectivity index (χ0v) is 14.2. The number of hydrazone groups is 1. The Morgan fingerprint density at radius 3 is 2.22 bits per heavy atom. The van der Waals surface area contributed by atoms with Gasteiger partial charge in [-0.3, -0.25) is 4.79 Å². The first-order valence-corrected chi connectivity index (χ1v) is 9.87. The Bertz CT molecular complexity index is 847. The third-order valence-electron chi connectivity index (χ3n) is 3.41. The summed E-state index contributed by atoms with van der Waals surface area (Å²) in [7, 11) is 0. The number of para-hydroxylation sites is 1. The van der Waals surface area contributed by atoms with Crippen molar-refractivity contribution in [3.63, 3.8) is 0 Å². The number of Topliss-reactive ketones (excluding diaryl/α,β-unsaturated/α-hetero) is 1. The molecule has 1 heterocycles. The van der Waals surface area contributed by atoms with E-state index in [1.165, 1.54) is 6.92 Å². The lowest BCUT2D eigenvalue weighted by Crippen LogP contribution is -2.24. The summed E-state index contributed by atoms with van der Waals surface area (Å²) >= 11 is 5.28. The predicted molar refractivity (Wildman–Crippen MR) is 98.0 cm³/mol. The predicted octanol–water partition coefficient (Wildman–Crippen LogP) is 3.79. The van der Waals surface area contributed by atoms with E-state index in [0.29, 0.717) is 5.70 Å². The molecule has 1 unspecified atom stereocenters. The summed E-state index contributed by atoms with van der Waals surface area (Å²) in [6.45, 7) is 1.38. The van der Waals surface area contributed by atoms with Crippen molar-refractivity contribution in [1.82, 2.24) is 0 Å². The number of benzene rings is 2. The molecule has 3 rings (SSSR count). The van der Waals surface area contributed by atoms with Gasteiger partial charge in [0.15, 0.2) is 11.2 Å². The molecule has 116 valence electrons. The quantitative estimate of drug-likeness (QED) is 0.862. The average molecular weight is 342 g/mol. The molecule has 0 saturated heterocycles. The molecular weight excluding hydrogens is 327 g/mol. The number of carbonyl (C=O) groups is 1. The summed E-state index contributed by atoms with van der Waals surface area (Å²) in [5.41, 5.74) is 2.42. The molecule has 1 aliphatic rings. The monoisotopic (exact) mass is 342 g/mol. The van der Waals surface area contributed by atoms with Crippen molar-refractivity contribution in [1.29, 1.82) is 0 Å². The zero-order chi connectivity index (χ0) is 16.4. The number of carbonyl (C=O) groups excluding carboxylic acids is 1. The molecular formula is C17H15N2O2PS. The Morgan fingerprint density at radius 2 is 1.65 bits per heavy atom. The van der Waals surface area contributed by atoms with Crippen molar-refractivity contribution in [2.24, 2.45) is 5.10 Å². The van der Waals surface area contributed by atoms with Gasteiger partial charge in [-0.15, -0.1) is 0 Å². The van der Waals surface area contributed by atoms with Crippen LogP contribution in [0, 0.1) is 0 Å². The number of hydrogen-bond acceptors (Lipinski definition) is 4. The summed E-state index contributed by atoms with van der Waals surface area (Å²) in [5, 5.41) is 6.05. The zero-order valence-electron chi connectivity index (χ0n) is 12.5. The number of ketones is 1. The summed E-state index contributed by atoms with van der Waals surface area (Å²) < 4.78 is 0. The standard InChI is InChI=1S/C17H15N2O2PS/c1-13(20)17-18-19(15-10-6-3-7-11-15)16(12-22(17,21)23)14-8-4-2-5-9-14/h2-12H,1H3,(H,21,23). The maximum atomic E-state index is 11.8. The van der Waals surface area contributed by atoms with Gasteiger partial charge in [0, 0.05) is 18.3 Å². The molecule has 1 aliphatic heterocycles. The van der Waals surface area contributed by atoms with Gasteiger partial charge in [-0.2, -0.15) is 5.10 Å². The van der Waals surface area contributed by atoms with Crippen molar-refractivity contribution >= 4 is 40.7 Å². The van der Waals surface area contributed by atoms with Gasteiger partial charge >= 0.3 is 0 Å². The van der Waals surface area contributed by atoms with E-state index in [1.807, 2.05) is 60.7 Å². The third-order valence-corrected chi connectivity index (χ3v) is 5.85. The lowest BCUT2D eigenvalue weighted by Gasteiger charge is -2.30. The van der Waals surface area contributed by atoms with E-state index in [1.54, 1.807) is 10.8 Å². The van der Waals surface area contributed by atoms with Crippen molar-refractivity contribution in [2.75, 3.05) is 5.01 Å². The SMILES string of the molecule is CC(=O)C1=NN(c2ccccc2)C(c2ccccc2)=CP1(O)=S. The highest BCUT2D eigenvalue weighted by Crippen LogP contribution is 2.51. The molecule has 2 aromatic carbocycles. The summed E-state index contributed by atoms with van der Waals surface area (Å²) in [6, 6.07) is 19.1. The second-order valence-corrected chi connectivity index (χ2v) is 8.73. The molecule has 0 aliphatic carbocycles. The maximum Gasteiger partial charge on any atom is 0.183 e. The van der Waals surface area contributed by atoms with Crippen molar-refractivity contribution in [3.05, 3.63) is 72.0 Å². The van der Waals surface area contributed by atoms with Crippen LogP contribution in [0.4, 0.5) is 5.69 Å². The normalized spacial score (nSPS) is 20.7. The minimum absolute atomic E-state index is 0.0519. The fourth-order valence-corrected chi connectivity index (χ4v) is 4.54. The van der Waals surface area contributed by atoms with Crippen LogP contribution in [0.25, 0.3) is 5.70 Å². The molecule has 0 bridgehead atoms. The lowest BCUT2D eigenvalue weighted by atomic mass is 10.1. The van der Waals surface area contributed by atoms with Crippen molar-refractivity contribution < 1.29 is 9.69 Å². The van der Waals surface area contributed by atoms with Crippen LogP contribution in [0.2, 0.25) is 0 Å². The number of hydrogen-bond donors (Lipinski definition) is 1. The Labute approximate surface area is 139 Å². The average Bonchev–Trinajstić information content (AvgIpc) is 2.55. The lowest BCUT2D eigenvalue weighted by molar-refractivity contribution is -0.110. The molecule has 0 spiro atoms. The second kappa shape index (κ2) is 6.20. The van der Waals surface area contributed by atoms with E-state index >= 15 is 0 Å². The third kappa shape index (κ3) is 3.17. The van der Waals surface area contributed by atoms with E-state index in [4.69, 9.17) is 11.8 Å². The molecule has 0 fully saturated rings. The van der Waals surface area contributed by atoms with Crippen LogP contribution in [0.5, 0.6) is 0 Å². The Hall–Kier alpha value is -2.07. The summed E-state index contributed by atoms with van der Waals surface area (Å²) in [4.78, 5) is 22.4. The van der Waals surface area contributed by atoms with Gasteiger partial charge in [-0.25, -0.2) is 5.01 Å². The van der Waals surface area contributed by atoms with Gasteiger partial charge in [0.05, 0.1) is 11.4 Å². The first-order chi connectivity index (χ1) is 11.0. The van der Waals surface area contributed by atoms with Crippen LogP contribution in [-0.2, 0) is 16.6 Å². The molecule has 0 amide bonds. The topological polar surface area (TPSA) is 52.9 Å². The van der Waals surface area contributed by atoms with Gasteiger partial charge in [0.25, 0.3) is 0 Å². The Kier molecular flexibility index (Phi) is 4.26. The van der Waals surface area contributed by atoms with Gasteiger partial charge in [0.2, 0.25) is 0 Å². The highest BCUT2D eigenvalue weighted by atomic mass is 32.4. The largest absolute Gasteiger partial charge is 0.357 e. The fraction of sp³-hybridized carbons (Fsp3) is 0.0588. The van der Waals surface area contributed by atoms with E-state index in [-0.39, 0.29) is 11.2 Å². The van der Waals surface area contributed by atoms with Crippen LogP contribution in [0.3, 0.4) is 0 Å². The summed E-state index contributed by atoms with van der Waals surface area (Å²) in [6.07, 6.45) is -3.10. The Balaban J connectivity index is 2.19. The van der Waals surface area contributed by atoms with E-state index in [2.05, 4.69) is 5.10 Å². The van der Waals surface area contributed by atoms with E-state index in [0.717, 1.165) is 11.3 Å². The minimum atomic E-state index is -3.10.